The van der Waals surface area contributed by atoms with Crippen molar-refractivity contribution in [2.24, 2.45) is 0 Å². The summed E-state index contributed by atoms with van der Waals surface area (Å²) in [6.07, 6.45) is -5.52. The van der Waals surface area contributed by atoms with Gasteiger partial charge in [-0.05, 0) is 49.7 Å². The van der Waals surface area contributed by atoms with E-state index in [0.29, 0.717) is 16.4 Å². The minimum atomic E-state index is -5.08. The normalized spacial score (nSPS) is 11.8. The Morgan fingerprint density at radius 1 is 0.940 bits per heavy atom. The molecule has 270 valence electrons. The Morgan fingerprint density at radius 2 is 1.60 bits per heavy atom. The summed E-state index contributed by atoms with van der Waals surface area (Å²) in [4.78, 5) is 33.7. The predicted octanol–water partition coefficient (Wildman–Crippen LogP) is 6.90. The number of aromatic amines is 1. The number of nitrogens with one attached hydrogen (secondary N) is 1. The van der Waals surface area contributed by atoms with E-state index in [1.807, 2.05) is 61.8 Å². The van der Waals surface area contributed by atoms with Crippen molar-refractivity contribution in [2.75, 3.05) is 24.4 Å². The molecule has 1 aromatic carbocycles. The zero-order valence-electron chi connectivity index (χ0n) is 26.1. The molecule has 11 nitrogen and oxygen atoms in total. The lowest BCUT2D eigenvalue weighted by molar-refractivity contribution is -0.193. The minimum absolute atomic E-state index is 0.333. The first kappa shape index (κ1) is 39.9. The number of halogens is 6. The maximum absolute atomic E-state index is 13.3. The van der Waals surface area contributed by atoms with Crippen molar-refractivity contribution < 1.29 is 54.6 Å². The number of thiophene rings is 1. The summed E-state index contributed by atoms with van der Waals surface area (Å²) in [5.74, 6) is -5.51. The molecule has 0 radical (unpaired) electrons. The summed E-state index contributed by atoms with van der Waals surface area (Å²) in [6.45, 7) is 3.90. The van der Waals surface area contributed by atoms with Gasteiger partial charge in [-0.1, -0.05) is 24.3 Å². The van der Waals surface area contributed by atoms with Crippen molar-refractivity contribution in [3.63, 3.8) is 0 Å². The van der Waals surface area contributed by atoms with Gasteiger partial charge in [0.15, 0.2) is 0 Å². The van der Waals surface area contributed by atoms with Gasteiger partial charge in [0.2, 0.25) is 0 Å². The largest absolute Gasteiger partial charge is 0.490 e. The first-order chi connectivity index (χ1) is 23.3. The number of carboxylic acids is 2. The minimum Gasteiger partial charge on any atom is -0.475 e. The number of carbonyl (C=O) groups is 2. The van der Waals surface area contributed by atoms with Crippen LogP contribution in [0, 0.1) is 0 Å². The molecule has 5 aromatic rings. The lowest BCUT2D eigenvalue weighted by atomic mass is 10.2. The van der Waals surface area contributed by atoms with E-state index in [0.717, 1.165) is 46.8 Å². The Hall–Kier alpha value is -4.53. The van der Waals surface area contributed by atoms with Gasteiger partial charge < -0.3 is 20.1 Å². The van der Waals surface area contributed by atoms with Crippen LogP contribution < -0.4 is 4.31 Å². The van der Waals surface area contributed by atoms with Crippen LogP contribution in [0.25, 0.3) is 21.6 Å². The topological polar surface area (TPSA) is 157 Å². The Bertz CT molecular complexity index is 1940. The number of pyridine rings is 1. The first-order valence-corrected chi connectivity index (χ1v) is 17.3. The van der Waals surface area contributed by atoms with Crippen molar-refractivity contribution >= 4 is 61.2 Å². The number of aliphatic carboxylic acids is 2. The van der Waals surface area contributed by atoms with Gasteiger partial charge in [0.1, 0.15) is 9.22 Å². The van der Waals surface area contributed by atoms with Gasteiger partial charge in [-0.3, -0.25) is 9.29 Å². The number of hydrogen-bond acceptors (Lipinski definition) is 9. The highest BCUT2D eigenvalue weighted by molar-refractivity contribution is 7.94. The molecule has 0 fully saturated rings. The summed E-state index contributed by atoms with van der Waals surface area (Å²) in [5, 5.41) is 17.9. The number of hydrogen-bond donors (Lipinski definition) is 3. The number of aromatic nitrogens is 3. The van der Waals surface area contributed by atoms with Crippen molar-refractivity contribution in [1.82, 2.24) is 19.9 Å². The van der Waals surface area contributed by atoms with E-state index in [1.165, 1.54) is 20.5 Å². The maximum atomic E-state index is 13.3. The van der Waals surface area contributed by atoms with E-state index in [1.54, 1.807) is 28.8 Å². The monoisotopic (exact) mass is 765 g/mol. The van der Waals surface area contributed by atoms with E-state index in [9.17, 15) is 34.8 Å². The van der Waals surface area contributed by atoms with Crippen molar-refractivity contribution in [3.8, 4) is 10.7 Å². The lowest BCUT2D eigenvalue weighted by Gasteiger charge is -2.22. The summed E-state index contributed by atoms with van der Waals surface area (Å²) in [7, 11) is -1.53. The summed E-state index contributed by atoms with van der Waals surface area (Å²) >= 11 is 2.87. The molecule has 0 aliphatic heterocycles. The Kier molecular flexibility index (Phi) is 13.5. The van der Waals surface area contributed by atoms with Crippen LogP contribution in [-0.4, -0.2) is 82.9 Å². The molecular formula is C30H29F6N5O6S3. The lowest BCUT2D eigenvalue weighted by Crippen LogP contribution is -2.30. The van der Waals surface area contributed by atoms with Crippen LogP contribution in [-0.2, 0) is 32.6 Å². The van der Waals surface area contributed by atoms with Crippen LogP contribution in [0.5, 0.6) is 0 Å². The number of H-pyrrole nitrogens is 1. The van der Waals surface area contributed by atoms with Gasteiger partial charge in [-0.2, -0.15) is 26.3 Å². The van der Waals surface area contributed by atoms with Gasteiger partial charge in [-0.25, -0.2) is 23.0 Å². The molecule has 0 unspecified atom stereocenters. The molecule has 0 atom stereocenters. The SMILES string of the molecule is CCN(c1cccc2cc(-c3ncc(CN(C)CCc4ccccn4)s3)[nH]c12)S(=O)(=O)c1cccs1.O=C(O)C(F)(F)F.O=C(O)C(F)(F)F. The van der Waals surface area contributed by atoms with Crippen LogP contribution in [0.3, 0.4) is 0 Å². The van der Waals surface area contributed by atoms with Crippen LogP contribution in [0.1, 0.15) is 17.5 Å². The molecule has 20 heteroatoms. The average Bonchev–Trinajstić information content (AvgIpc) is 3.82. The number of nitrogens with zero attached hydrogens (tertiary/aromatic N) is 4. The van der Waals surface area contributed by atoms with Crippen molar-refractivity contribution in [2.45, 2.75) is 36.5 Å². The number of thiazole rings is 1. The molecule has 3 N–H and O–H groups in total. The molecule has 0 aliphatic rings. The number of benzene rings is 1. The fourth-order valence-corrected chi connectivity index (χ4v) is 7.71. The van der Waals surface area contributed by atoms with E-state index < -0.39 is 34.3 Å². The highest BCUT2D eigenvalue weighted by Crippen LogP contribution is 2.35. The van der Waals surface area contributed by atoms with Gasteiger partial charge in [0, 0.05) is 54.4 Å². The summed E-state index contributed by atoms with van der Waals surface area (Å²) in [6, 6.07) is 17.2. The summed E-state index contributed by atoms with van der Waals surface area (Å²) in [5.41, 5.74) is 3.40. The molecule has 50 heavy (non-hydrogen) atoms. The zero-order valence-corrected chi connectivity index (χ0v) is 28.5. The number of fused-ring (bicyclic) bond motifs is 1. The van der Waals surface area contributed by atoms with Gasteiger partial charge in [-0.15, -0.1) is 22.7 Å². The van der Waals surface area contributed by atoms with Crippen LogP contribution in [0.2, 0.25) is 0 Å². The number of likely N-dealkylation sites (N-methyl/N-ethyl adjacent to an activating group) is 1. The zero-order chi connectivity index (χ0) is 37.3. The smallest absolute Gasteiger partial charge is 0.475 e. The molecule has 4 heterocycles. The van der Waals surface area contributed by atoms with E-state index in [4.69, 9.17) is 19.8 Å². The number of para-hydroxylation sites is 1. The molecule has 0 bridgehead atoms. The van der Waals surface area contributed by atoms with E-state index in [2.05, 4.69) is 26.9 Å². The van der Waals surface area contributed by atoms with Crippen molar-refractivity contribution in [3.05, 3.63) is 82.9 Å². The van der Waals surface area contributed by atoms with Crippen LogP contribution >= 0.6 is 22.7 Å². The number of rotatable bonds is 10. The Morgan fingerprint density at radius 3 is 2.14 bits per heavy atom. The molecular weight excluding hydrogens is 737 g/mol. The fourth-order valence-electron chi connectivity index (χ4n) is 4.15. The third kappa shape index (κ3) is 11.0. The second-order valence-electron chi connectivity index (χ2n) is 10.1. The third-order valence-corrected chi connectivity index (χ3v) is 10.7. The molecule has 0 spiro atoms. The Labute approximate surface area is 289 Å². The number of carboxylic acid groups (broad SMARTS) is 2. The molecule has 0 saturated heterocycles. The predicted molar refractivity (Wildman–Crippen MR) is 176 cm³/mol. The second-order valence-corrected chi connectivity index (χ2v) is 14.2. The highest BCUT2D eigenvalue weighted by Gasteiger charge is 2.39. The van der Waals surface area contributed by atoms with Gasteiger partial charge >= 0.3 is 24.3 Å². The molecule has 0 saturated carbocycles. The van der Waals surface area contributed by atoms with Crippen molar-refractivity contribution in [1.29, 1.82) is 0 Å². The number of anilines is 1. The third-order valence-electron chi connectivity index (χ3n) is 6.40. The number of alkyl halides is 6. The van der Waals surface area contributed by atoms with Gasteiger partial charge in [0.25, 0.3) is 10.0 Å². The van der Waals surface area contributed by atoms with E-state index in [-0.39, 0.29) is 0 Å². The fraction of sp³-hybridized carbons (Fsp3) is 0.267. The highest BCUT2D eigenvalue weighted by atomic mass is 32.2. The molecule has 0 amide bonds. The van der Waals surface area contributed by atoms with Crippen LogP contribution in [0.15, 0.2) is 76.6 Å². The quantitative estimate of drug-likeness (QED) is 0.129. The summed E-state index contributed by atoms with van der Waals surface area (Å²) < 4.78 is 91.9. The average molecular weight is 766 g/mol. The standard InChI is InChI=1S/C26H27N5O2S3.2C2HF3O2/c1-3-31(36(32,33)24-11-7-15-34-24)23-10-6-8-19-16-22(29-25(19)23)26-28-17-21(35-26)18-30(2)14-12-20-9-4-5-13-27-20;2*3-2(4,5)1(6)7/h4-11,13,15-17,29H,3,12,14,18H2,1-2H3;2*(H,6,7). The molecule has 4 aromatic heterocycles. The molecule has 5 rings (SSSR count). The van der Waals surface area contributed by atoms with Gasteiger partial charge in [0.05, 0.1) is 16.9 Å². The van der Waals surface area contributed by atoms with Crippen LogP contribution in [0.4, 0.5) is 32.0 Å². The second kappa shape index (κ2) is 16.9. The first-order valence-electron chi connectivity index (χ1n) is 14.2. The van der Waals surface area contributed by atoms with E-state index >= 15 is 0 Å². The maximum Gasteiger partial charge on any atom is 0.490 e. The number of sulfonamides is 1. The molecule has 0 aliphatic carbocycles. The Balaban J connectivity index is 0.000000408.